The van der Waals surface area contributed by atoms with Gasteiger partial charge in [-0.25, -0.2) is 9.97 Å². The topological polar surface area (TPSA) is 39.9 Å². The highest BCUT2D eigenvalue weighted by Crippen LogP contribution is 2.52. The molecule has 4 heteroatoms. The number of para-hydroxylation sites is 2. The summed E-state index contributed by atoms with van der Waals surface area (Å²) >= 11 is 0. The molecule has 0 bridgehead atoms. The van der Waals surface area contributed by atoms with E-state index in [1.54, 1.807) is 18.2 Å². The molecule has 0 amide bonds. The third-order valence-corrected chi connectivity index (χ3v) is 9.23. The molecule has 2 aromatic heterocycles. The summed E-state index contributed by atoms with van der Waals surface area (Å²) in [4.78, 5) is 9.84. The fourth-order valence-electron chi connectivity index (χ4n) is 7.12. The fraction of sp³-hybridized carbons (Fsp3) is 0.0435. The molecule has 2 unspecified atom stereocenters. The average Bonchev–Trinajstić information content (AvgIpc) is 3.90. The van der Waals surface area contributed by atoms with Crippen LogP contribution in [0, 0.1) is 0 Å². The van der Waals surface area contributed by atoms with Crippen LogP contribution in [0.15, 0.2) is 163 Å². The van der Waals surface area contributed by atoms with Crippen LogP contribution in [0.25, 0.3) is 76.8 Å². The van der Waals surface area contributed by atoms with Crippen molar-refractivity contribution in [2.24, 2.45) is 0 Å². The molecule has 0 fully saturated rings. The average molecular weight is 658 g/mol. The molecule has 4 nitrogen and oxygen atoms in total. The summed E-state index contributed by atoms with van der Waals surface area (Å²) < 4.78 is 172. The Balaban J connectivity index is 1.39. The molecule has 234 valence electrons. The number of rotatable bonds is 3. The smallest absolute Gasteiger partial charge is 0.157 e. The van der Waals surface area contributed by atoms with Crippen molar-refractivity contribution in [1.82, 2.24) is 14.5 Å². The van der Waals surface area contributed by atoms with Gasteiger partial charge in [0.25, 0.3) is 0 Å². The van der Waals surface area contributed by atoms with Gasteiger partial charge in [-0.2, -0.15) is 0 Å². The number of ether oxygens (including phenoxy) is 1. The van der Waals surface area contributed by atoms with Crippen molar-refractivity contribution in [3.05, 3.63) is 175 Å². The second-order valence-corrected chi connectivity index (χ2v) is 11.9. The van der Waals surface area contributed by atoms with Gasteiger partial charge in [0.15, 0.2) is 11.9 Å². The minimum absolute atomic E-state index is 0.0880. The third kappa shape index (κ3) is 3.87. The second-order valence-electron chi connectivity index (χ2n) is 11.9. The Morgan fingerprint density at radius 2 is 1.26 bits per heavy atom. The molecule has 11 rings (SSSR count). The summed E-state index contributed by atoms with van der Waals surface area (Å²) in [5.74, 6) is -1.89. The number of aromatic nitrogens is 3. The van der Waals surface area contributed by atoms with Gasteiger partial charge in [0.2, 0.25) is 0 Å². The first-order valence-electron chi connectivity index (χ1n) is 24.7. The summed E-state index contributed by atoms with van der Waals surface area (Å²) in [7, 11) is 0. The van der Waals surface area contributed by atoms with E-state index in [0.29, 0.717) is 22.2 Å². The first-order chi connectivity index (χ1) is 32.3. The van der Waals surface area contributed by atoms with Crippen LogP contribution in [0.2, 0.25) is 0 Å². The van der Waals surface area contributed by atoms with Crippen molar-refractivity contribution in [2.75, 3.05) is 0 Å². The second kappa shape index (κ2) is 10.5. The van der Waals surface area contributed by atoms with Crippen LogP contribution in [0.4, 0.5) is 0 Å². The van der Waals surface area contributed by atoms with E-state index < -0.39 is 143 Å². The Morgan fingerprint density at radius 3 is 2.02 bits per heavy atom. The minimum atomic E-state index is -1.66. The Bertz CT molecular complexity index is 3810. The van der Waals surface area contributed by atoms with Crippen molar-refractivity contribution in [1.29, 1.82) is 0 Å². The summed E-state index contributed by atoms with van der Waals surface area (Å²) in [5.41, 5.74) is 0.123. The lowest BCUT2D eigenvalue weighted by Gasteiger charge is -2.29. The van der Waals surface area contributed by atoms with Gasteiger partial charge in [0.05, 0.1) is 58.5 Å². The molecule has 0 spiro atoms. The van der Waals surface area contributed by atoms with Crippen LogP contribution in [-0.4, -0.2) is 20.6 Å². The molecule has 2 atom stereocenters. The van der Waals surface area contributed by atoms with Crippen molar-refractivity contribution >= 4 is 65.5 Å². The van der Waals surface area contributed by atoms with E-state index in [2.05, 4.69) is 0 Å². The molecule has 0 saturated carbocycles. The van der Waals surface area contributed by atoms with Gasteiger partial charge in [-0.3, -0.25) is 0 Å². The molecule has 2 aliphatic rings. The van der Waals surface area contributed by atoms with Crippen LogP contribution < -0.4 is 4.74 Å². The molecule has 1 aliphatic carbocycles. The predicted molar refractivity (Wildman–Crippen MR) is 205 cm³/mol. The Kier molecular flexibility index (Phi) is 3.22. The molecular weight excluding hydrogens is 611 g/mol. The number of fused-ring (bicyclic) bond motifs is 11. The number of allylic oxidation sites excluding steroid dienone is 2. The Labute approximate surface area is 313 Å². The molecule has 0 radical (unpaired) electrons. The lowest BCUT2D eigenvalue weighted by molar-refractivity contribution is 0.275. The molecule has 0 saturated heterocycles. The summed E-state index contributed by atoms with van der Waals surface area (Å²) in [5, 5.41) is -1.51. The van der Waals surface area contributed by atoms with Gasteiger partial charge in [-0.15, -0.1) is 0 Å². The van der Waals surface area contributed by atoms with E-state index in [0.717, 1.165) is 4.57 Å². The van der Waals surface area contributed by atoms with Gasteiger partial charge < -0.3 is 9.30 Å². The number of hydrogen-bond acceptors (Lipinski definition) is 3. The molecule has 50 heavy (non-hydrogen) atoms. The van der Waals surface area contributed by atoms with Crippen LogP contribution in [0.1, 0.15) is 42.0 Å². The van der Waals surface area contributed by atoms with Crippen LogP contribution in [0.3, 0.4) is 0 Å². The summed E-state index contributed by atoms with van der Waals surface area (Å²) in [6.07, 6.45) is -1.66. The maximum Gasteiger partial charge on any atom is 0.157 e. The number of hydrogen-bond donors (Lipinski definition) is 0. The Hall–Kier alpha value is -6.52. The highest BCUT2D eigenvalue weighted by molar-refractivity contribution is 6.29. The van der Waals surface area contributed by atoms with E-state index in [1.165, 1.54) is 0 Å². The predicted octanol–water partition coefficient (Wildman–Crippen LogP) is 11.2. The van der Waals surface area contributed by atoms with Gasteiger partial charge in [0.1, 0.15) is 5.75 Å². The van der Waals surface area contributed by atoms with E-state index in [-0.39, 0.29) is 50.0 Å². The molecule has 3 heterocycles. The highest BCUT2D eigenvalue weighted by Gasteiger charge is 2.43. The Morgan fingerprint density at radius 1 is 0.600 bits per heavy atom. The summed E-state index contributed by atoms with van der Waals surface area (Å²) in [6.45, 7) is 0. The van der Waals surface area contributed by atoms with E-state index in [1.807, 2.05) is 36.4 Å². The number of nitrogens with zero attached hydrogens (tertiary/aromatic N) is 3. The van der Waals surface area contributed by atoms with Gasteiger partial charge in [-0.1, -0.05) is 133 Å². The molecule has 7 aromatic carbocycles. The van der Waals surface area contributed by atoms with Gasteiger partial charge in [-0.05, 0) is 51.8 Å². The van der Waals surface area contributed by atoms with Crippen LogP contribution in [0.5, 0.6) is 5.75 Å². The first kappa shape index (κ1) is 15.4. The summed E-state index contributed by atoms with van der Waals surface area (Å²) in [6, 6.07) is 3.82. The normalized spacial score (nSPS) is 22.2. The fourth-order valence-corrected chi connectivity index (χ4v) is 7.12. The quantitative estimate of drug-likeness (QED) is 0.190. The monoisotopic (exact) mass is 657 g/mol. The molecule has 1 aliphatic heterocycles. The standard InChI is InChI=1S/C46H29N3O/c1-2-14-30(15-3-1)44-33-18-8-10-20-36(33)47-46(48-44)35-24-27-39(45-41(35)34-19-9-11-21-40(34)50-45)49-37-25-22-28-12-4-6-16-31(28)42(37)43-32-17-7-5-13-29(32)23-26-38(43)49/h1-27,41,45H/i4D,5D,6D,7D,9D,11D,12D,13D,16D,17D,19D,21D,22D,23D,24D,25D,26D,27D. The molecular formula is C46H29N3O. The molecule has 9 aromatic rings. The zero-order valence-corrected chi connectivity index (χ0v) is 25.6. The van der Waals surface area contributed by atoms with Crippen LogP contribution in [-0.2, 0) is 0 Å². The first-order valence-corrected chi connectivity index (χ1v) is 15.7. The van der Waals surface area contributed by atoms with Crippen molar-refractivity contribution in [3.8, 4) is 17.0 Å². The maximum atomic E-state index is 9.97. The minimum Gasteiger partial charge on any atom is -0.483 e. The number of benzene rings is 7. The lowest BCUT2D eigenvalue weighted by Crippen LogP contribution is -2.27. The van der Waals surface area contributed by atoms with E-state index >= 15 is 0 Å². The van der Waals surface area contributed by atoms with Crippen LogP contribution >= 0.6 is 0 Å². The van der Waals surface area contributed by atoms with Gasteiger partial charge >= 0.3 is 0 Å². The zero-order valence-electron chi connectivity index (χ0n) is 43.6. The van der Waals surface area contributed by atoms with Crippen molar-refractivity contribution in [2.45, 2.75) is 12.0 Å². The van der Waals surface area contributed by atoms with Crippen molar-refractivity contribution in [3.63, 3.8) is 0 Å². The zero-order chi connectivity index (χ0) is 48.4. The SMILES string of the molecule is [2H]C1=C(c2nc(-c3ccccc3)c3ccccc3n2)C2c3c([2H])c([2H])c([2H])c([2H])c3OC2C(n2c3c([2H])c([2H])c4c([2H])c([2H])c([2H])c([2H])c4c3c3c4c([2H])c([2H])c([2H])c([2H])c4c([2H])c([2H])c32)=C1[2H]. The third-order valence-electron chi connectivity index (χ3n) is 9.23. The molecule has 0 N–H and O–H groups in total. The lowest BCUT2D eigenvalue weighted by atomic mass is 9.82. The largest absolute Gasteiger partial charge is 0.483 e. The van der Waals surface area contributed by atoms with Gasteiger partial charge in [0, 0.05) is 32.9 Å². The highest BCUT2D eigenvalue weighted by atomic mass is 16.5. The van der Waals surface area contributed by atoms with Crippen molar-refractivity contribution < 1.29 is 29.4 Å². The maximum absolute atomic E-state index is 9.97. The van der Waals surface area contributed by atoms with E-state index in [4.69, 9.17) is 27.0 Å². The van der Waals surface area contributed by atoms with E-state index in [9.17, 15) is 12.3 Å².